The Balaban J connectivity index is 2.08. The highest BCUT2D eigenvalue weighted by Crippen LogP contribution is 2.22. The van der Waals surface area contributed by atoms with Crippen LogP contribution in [-0.4, -0.2) is 12.7 Å². The standard InChI is InChI=1S/C11H16F3NO/c1-9(10-4-7-16-8-10)15-6-3-2-5-11(12,13)14/h4,7-9,15H,2-3,5-6H2,1H3. The molecule has 0 spiro atoms. The van der Waals surface area contributed by atoms with Crippen LogP contribution in [0.4, 0.5) is 13.2 Å². The zero-order chi connectivity index (χ0) is 12.0. The van der Waals surface area contributed by atoms with Gasteiger partial charge in [-0.3, -0.25) is 0 Å². The van der Waals surface area contributed by atoms with Gasteiger partial charge >= 0.3 is 6.18 Å². The summed E-state index contributed by atoms with van der Waals surface area (Å²) in [5, 5.41) is 3.14. The molecule has 1 unspecified atom stereocenters. The van der Waals surface area contributed by atoms with Crippen LogP contribution in [0.3, 0.4) is 0 Å². The van der Waals surface area contributed by atoms with Crippen LogP contribution in [0.2, 0.25) is 0 Å². The van der Waals surface area contributed by atoms with Crippen molar-refractivity contribution in [1.82, 2.24) is 5.32 Å². The van der Waals surface area contributed by atoms with Gasteiger partial charge in [-0.2, -0.15) is 13.2 Å². The predicted molar refractivity (Wildman–Crippen MR) is 55.0 cm³/mol. The van der Waals surface area contributed by atoms with Crippen LogP contribution in [0.25, 0.3) is 0 Å². The van der Waals surface area contributed by atoms with Crippen LogP contribution in [0, 0.1) is 0 Å². The molecule has 2 nitrogen and oxygen atoms in total. The Labute approximate surface area is 92.8 Å². The molecule has 1 aromatic rings. The lowest BCUT2D eigenvalue weighted by Crippen LogP contribution is -2.19. The SMILES string of the molecule is CC(NCCCCC(F)(F)F)c1ccoc1. The number of nitrogens with one attached hydrogen (secondary N) is 1. The van der Waals surface area contributed by atoms with Gasteiger partial charge in [0.2, 0.25) is 0 Å². The first-order chi connectivity index (χ1) is 7.49. The lowest BCUT2D eigenvalue weighted by Gasteiger charge is -2.12. The number of hydrogen-bond acceptors (Lipinski definition) is 2. The van der Waals surface area contributed by atoms with Crippen molar-refractivity contribution in [1.29, 1.82) is 0 Å². The van der Waals surface area contributed by atoms with E-state index in [1.165, 1.54) is 0 Å². The van der Waals surface area contributed by atoms with E-state index in [1.54, 1.807) is 12.5 Å². The molecule has 0 fully saturated rings. The minimum Gasteiger partial charge on any atom is -0.472 e. The van der Waals surface area contributed by atoms with Crippen LogP contribution in [-0.2, 0) is 0 Å². The molecular formula is C11H16F3NO. The average molecular weight is 235 g/mol. The Kier molecular flexibility index (Phi) is 4.86. The summed E-state index contributed by atoms with van der Waals surface area (Å²) in [4.78, 5) is 0. The van der Waals surface area contributed by atoms with Crippen molar-refractivity contribution in [3.8, 4) is 0 Å². The molecule has 1 rings (SSSR count). The maximum atomic E-state index is 11.8. The summed E-state index contributed by atoms with van der Waals surface area (Å²) < 4.78 is 40.4. The third-order valence-electron chi connectivity index (χ3n) is 2.38. The lowest BCUT2D eigenvalue weighted by molar-refractivity contribution is -0.135. The van der Waals surface area contributed by atoms with Crippen LogP contribution < -0.4 is 5.32 Å². The van der Waals surface area contributed by atoms with Crippen molar-refractivity contribution >= 4 is 0 Å². The molecule has 16 heavy (non-hydrogen) atoms. The predicted octanol–water partition coefficient (Wildman–Crippen LogP) is 3.66. The number of halogens is 3. The van der Waals surface area contributed by atoms with Gasteiger partial charge in [0.25, 0.3) is 0 Å². The summed E-state index contributed by atoms with van der Waals surface area (Å²) in [6, 6.07) is 1.96. The van der Waals surface area contributed by atoms with Gasteiger partial charge < -0.3 is 9.73 Å². The second-order valence-corrected chi connectivity index (χ2v) is 3.80. The minimum atomic E-state index is -4.03. The van der Waals surface area contributed by atoms with E-state index >= 15 is 0 Å². The number of hydrogen-bond donors (Lipinski definition) is 1. The van der Waals surface area contributed by atoms with E-state index in [1.807, 2.05) is 13.0 Å². The van der Waals surface area contributed by atoms with Crippen LogP contribution in [0.15, 0.2) is 23.0 Å². The molecule has 1 N–H and O–H groups in total. The molecule has 1 heterocycles. The second kappa shape index (κ2) is 5.94. The van der Waals surface area contributed by atoms with Gasteiger partial charge in [0.15, 0.2) is 0 Å². The number of furan rings is 1. The molecule has 5 heteroatoms. The van der Waals surface area contributed by atoms with E-state index in [0.717, 1.165) is 5.56 Å². The zero-order valence-corrected chi connectivity index (χ0v) is 9.18. The lowest BCUT2D eigenvalue weighted by atomic mass is 10.1. The molecule has 0 saturated heterocycles. The van der Waals surface area contributed by atoms with Gasteiger partial charge in [-0.1, -0.05) is 0 Å². The number of rotatable bonds is 6. The first-order valence-corrected chi connectivity index (χ1v) is 5.31. The van der Waals surface area contributed by atoms with Crippen LogP contribution >= 0.6 is 0 Å². The van der Waals surface area contributed by atoms with E-state index < -0.39 is 12.6 Å². The third-order valence-corrected chi connectivity index (χ3v) is 2.38. The first kappa shape index (κ1) is 13.1. The van der Waals surface area contributed by atoms with Crippen molar-refractivity contribution in [2.24, 2.45) is 0 Å². The smallest absolute Gasteiger partial charge is 0.389 e. The first-order valence-electron chi connectivity index (χ1n) is 5.31. The topological polar surface area (TPSA) is 25.2 Å². The zero-order valence-electron chi connectivity index (χ0n) is 9.18. The molecule has 92 valence electrons. The van der Waals surface area contributed by atoms with Gasteiger partial charge in [-0.15, -0.1) is 0 Å². The summed E-state index contributed by atoms with van der Waals surface area (Å²) in [6.07, 6.45) is -0.814. The molecule has 0 amide bonds. The fourth-order valence-electron chi connectivity index (χ4n) is 1.41. The maximum Gasteiger partial charge on any atom is 0.389 e. The Bertz CT molecular complexity index is 282. The summed E-state index contributed by atoms with van der Waals surface area (Å²) >= 11 is 0. The summed E-state index contributed by atoms with van der Waals surface area (Å²) in [6.45, 7) is 2.54. The Morgan fingerprint density at radius 3 is 2.69 bits per heavy atom. The molecular weight excluding hydrogens is 219 g/mol. The molecule has 0 bridgehead atoms. The van der Waals surface area contributed by atoms with Crippen molar-refractivity contribution in [3.05, 3.63) is 24.2 Å². The quantitative estimate of drug-likeness (QED) is 0.761. The fourth-order valence-corrected chi connectivity index (χ4v) is 1.41. The van der Waals surface area contributed by atoms with Gasteiger partial charge in [0, 0.05) is 18.0 Å². The van der Waals surface area contributed by atoms with E-state index in [4.69, 9.17) is 4.42 Å². The van der Waals surface area contributed by atoms with Gasteiger partial charge in [-0.05, 0) is 32.4 Å². The third kappa shape index (κ3) is 5.21. The molecule has 0 aromatic carbocycles. The Morgan fingerprint density at radius 2 is 2.12 bits per heavy atom. The normalized spacial score (nSPS) is 14.0. The largest absolute Gasteiger partial charge is 0.472 e. The van der Waals surface area contributed by atoms with Crippen LogP contribution in [0.5, 0.6) is 0 Å². The van der Waals surface area contributed by atoms with Crippen molar-refractivity contribution in [2.75, 3.05) is 6.54 Å². The van der Waals surface area contributed by atoms with Crippen LogP contribution in [0.1, 0.15) is 37.8 Å². The summed E-state index contributed by atoms with van der Waals surface area (Å²) in [7, 11) is 0. The fraction of sp³-hybridized carbons (Fsp3) is 0.636. The maximum absolute atomic E-state index is 11.8. The molecule has 1 atom stereocenters. The van der Waals surface area contributed by atoms with Crippen molar-refractivity contribution < 1.29 is 17.6 Å². The molecule has 0 aliphatic rings. The number of alkyl halides is 3. The molecule has 0 aliphatic heterocycles. The highest BCUT2D eigenvalue weighted by atomic mass is 19.4. The Hall–Kier alpha value is -0.970. The number of unbranched alkanes of at least 4 members (excludes halogenated alkanes) is 1. The monoisotopic (exact) mass is 235 g/mol. The van der Waals surface area contributed by atoms with E-state index in [-0.39, 0.29) is 12.5 Å². The van der Waals surface area contributed by atoms with Crippen molar-refractivity contribution in [2.45, 2.75) is 38.4 Å². The minimum absolute atomic E-state index is 0.115. The molecule has 0 radical (unpaired) electrons. The van der Waals surface area contributed by atoms with Gasteiger partial charge in [0.05, 0.1) is 12.5 Å². The molecule has 1 aromatic heterocycles. The van der Waals surface area contributed by atoms with Gasteiger partial charge in [-0.25, -0.2) is 0 Å². The highest BCUT2D eigenvalue weighted by molar-refractivity contribution is 5.09. The van der Waals surface area contributed by atoms with E-state index in [2.05, 4.69) is 5.32 Å². The Morgan fingerprint density at radius 1 is 1.38 bits per heavy atom. The average Bonchev–Trinajstić information content (AvgIpc) is 2.67. The van der Waals surface area contributed by atoms with Gasteiger partial charge in [0.1, 0.15) is 0 Å². The highest BCUT2D eigenvalue weighted by Gasteiger charge is 2.25. The molecule has 0 aliphatic carbocycles. The van der Waals surface area contributed by atoms with E-state index in [9.17, 15) is 13.2 Å². The van der Waals surface area contributed by atoms with Crippen molar-refractivity contribution in [3.63, 3.8) is 0 Å². The summed E-state index contributed by atoms with van der Waals surface area (Å²) in [5.41, 5.74) is 1.01. The second-order valence-electron chi connectivity index (χ2n) is 3.80. The summed E-state index contributed by atoms with van der Waals surface area (Å²) in [5.74, 6) is 0. The molecule has 0 saturated carbocycles. The van der Waals surface area contributed by atoms with E-state index in [0.29, 0.717) is 13.0 Å².